The van der Waals surface area contributed by atoms with Gasteiger partial charge in [0.1, 0.15) is 11.5 Å². The molecular weight excluding hydrogens is 266 g/mol. The van der Waals surface area contributed by atoms with Crippen molar-refractivity contribution in [3.8, 4) is 11.3 Å². The zero-order chi connectivity index (χ0) is 13.9. The predicted molar refractivity (Wildman–Crippen MR) is 86.2 cm³/mol. The molecule has 0 aliphatic carbocycles. The van der Waals surface area contributed by atoms with Gasteiger partial charge in [0.2, 0.25) is 0 Å². The summed E-state index contributed by atoms with van der Waals surface area (Å²) in [4.78, 5) is 0. The number of thiophene rings is 1. The number of fused-ring (bicyclic) bond motifs is 1. The van der Waals surface area contributed by atoms with Crippen LogP contribution in [0.25, 0.3) is 21.4 Å². The van der Waals surface area contributed by atoms with Crippen molar-refractivity contribution < 1.29 is 4.42 Å². The zero-order valence-corrected chi connectivity index (χ0v) is 12.7. The maximum Gasteiger partial charge on any atom is 0.134 e. The summed E-state index contributed by atoms with van der Waals surface area (Å²) in [6, 6.07) is 13.0. The summed E-state index contributed by atoms with van der Waals surface area (Å²) in [7, 11) is 0. The number of nitrogens with one attached hydrogen (secondary N) is 1. The maximum absolute atomic E-state index is 5.99. The summed E-state index contributed by atoms with van der Waals surface area (Å²) in [5, 5.41) is 6.85. The minimum Gasteiger partial charge on any atom is -0.459 e. The maximum atomic E-state index is 5.99. The van der Waals surface area contributed by atoms with E-state index in [1.807, 2.05) is 0 Å². The third kappa shape index (κ3) is 2.65. The Morgan fingerprint density at radius 1 is 1.20 bits per heavy atom. The molecule has 0 amide bonds. The first-order chi connectivity index (χ1) is 9.78. The summed E-state index contributed by atoms with van der Waals surface area (Å²) in [5.74, 6) is 1.94. The van der Waals surface area contributed by atoms with Crippen molar-refractivity contribution in [2.24, 2.45) is 0 Å². The normalized spacial score (nSPS) is 12.9. The molecule has 0 saturated heterocycles. The molecule has 0 aliphatic heterocycles. The molecule has 1 atom stereocenters. The highest BCUT2D eigenvalue weighted by atomic mass is 32.1. The lowest BCUT2D eigenvalue weighted by Gasteiger charge is -2.09. The first-order valence-corrected chi connectivity index (χ1v) is 7.96. The molecular formula is C17H19NOS. The van der Waals surface area contributed by atoms with Crippen LogP contribution in [0.4, 0.5) is 0 Å². The molecule has 0 saturated carbocycles. The molecule has 3 rings (SSSR count). The van der Waals surface area contributed by atoms with Gasteiger partial charge in [-0.15, -0.1) is 11.3 Å². The lowest BCUT2D eigenvalue weighted by atomic mass is 10.1. The fourth-order valence-corrected chi connectivity index (χ4v) is 3.09. The lowest BCUT2D eigenvalue weighted by molar-refractivity contribution is 0.439. The molecule has 2 heterocycles. The van der Waals surface area contributed by atoms with Gasteiger partial charge in [0.25, 0.3) is 0 Å². The fraction of sp³-hybridized carbons (Fsp3) is 0.294. The Hall–Kier alpha value is -1.58. The van der Waals surface area contributed by atoms with Crippen molar-refractivity contribution in [2.75, 3.05) is 6.54 Å². The highest BCUT2D eigenvalue weighted by Gasteiger charge is 2.11. The minimum absolute atomic E-state index is 0.258. The molecule has 1 N–H and O–H groups in total. The highest BCUT2D eigenvalue weighted by molar-refractivity contribution is 7.17. The Morgan fingerprint density at radius 3 is 2.95 bits per heavy atom. The number of hydrogen-bond acceptors (Lipinski definition) is 3. The summed E-state index contributed by atoms with van der Waals surface area (Å²) < 4.78 is 7.31. The van der Waals surface area contributed by atoms with Gasteiger partial charge in [0, 0.05) is 10.3 Å². The molecule has 20 heavy (non-hydrogen) atoms. The van der Waals surface area contributed by atoms with Crippen LogP contribution in [0.15, 0.2) is 46.2 Å². The van der Waals surface area contributed by atoms with Gasteiger partial charge in [-0.2, -0.15) is 0 Å². The van der Waals surface area contributed by atoms with Crippen LogP contribution in [-0.2, 0) is 0 Å². The Morgan fingerprint density at radius 2 is 2.10 bits per heavy atom. The first kappa shape index (κ1) is 13.4. The SMILES string of the molecule is CCCNC(C)c1ccc(-c2ccc3sccc3c2)o1. The molecule has 1 unspecified atom stereocenters. The smallest absolute Gasteiger partial charge is 0.134 e. The van der Waals surface area contributed by atoms with E-state index in [1.54, 1.807) is 11.3 Å². The van der Waals surface area contributed by atoms with Crippen molar-refractivity contribution >= 4 is 21.4 Å². The zero-order valence-electron chi connectivity index (χ0n) is 11.8. The van der Waals surface area contributed by atoms with E-state index in [0.717, 1.165) is 30.0 Å². The van der Waals surface area contributed by atoms with Crippen molar-refractivity contribution in [2.45, 2.75) is 26.3 Å². The van der Waals surface area contributed by atoms with Crippen LogP contribution in [0.5, 0.6) is 0 Å². The Labute approximate surface area is 123 Å². The second-order valence-corrected chi connectivity index (χ2v) is 6.00. The van der Waals surface area contributed by atoms with E-state index in [0.29, 0.717) is 0 Å². The quantitative estimate of drug-likeness (QED) is 0.695. The van der Waals surface area contributed by atoms with E-state index in [2.05, 4.69) is 60.9 Å². The van der Waals surface area contributed by atoms with Gasteiger partial charge < -0.3 is 9.73 Å². The molecule has 0 radical (unpaired) electrons. The van der Waals surface area contributed by atoms with Gasteiger partial charge in [0.15, 0.2) is 0 Å². The largest absolute Gasteiger partial charge is 0.459 e. The predicted octanol–water partition coefficient (Wildman–Crippen LogP) is 5.22. The van der Waals surface area contributed by atoms with E-state index in [9.17, 15) is 0 Å². The molecule has 0 bridgehead atoms. The van der Waals surface area contributed by atoms with Crippen LogP contribution >= 0.6 is 11.3 Å². The molecule has 0 spiro atoms. The second kappa shape index (κ2) is 5.81. The van der Waals surface area contributed by atoms with Crippen LogP contribution in [0.3, 0.4) is 0 Å². The van der Waals surface area contributed by atoms with Gasteiger partial charge in [-0.3, -0.25) is 0 Å². The van der Waals surface area contributed by atoms with Crippen molar-refractivity contribution in [1.29, 1.82) is 0 Å². The molecule has 104 valence electrons. The van der Waals surface area contributed by atoms with Crippen LogP contribution < -0.4 is 5.32 Å². The van der Waals surface area contributed by atoms with Gasteiger partial charge in [-0.25, -0.2) is 0 Å². The molecule has 3 aromatic rings. The fourth-order valence-electron chi connectivity index (χ4n) is 2.32. The Balaban J connectivity index is 1.85. The second-order valence-electron chi connectivity index (χ2n) is 5.05. The molecule has 0 fully saturated rings. The monoisotopic (exact) mass is 285 g/mol. The van der Waals surface area contributed by atoms with E-state index >= 15 is 0 Å². The summed E-state index contributed by atoms with van der Waals surface area (Å²) in [5.41, 5.74) is 1.14. The molecule has 0 aliphatic rings. The van der Waals surface area contributed by atoms with E-state index in [1.165, 1.54) is 10.1 Å². The topological polar surface area (TPSA) is 25.2 Å². The summed E-state index contributed by atoms with van der Waals surface area (Å²) in [6.45, 7) is 5.32. The third-order valence-corrected chi connectivity index (χ3v) is 4.39. The van der Waals surface area contributed by atoms with Crippen molar-refractivity contribution in [3.63, 3.8) is 0 Å². The lowest BCUT2D eigenvalue weighted by Crippen LogP contribution is -2.18. The molecule has 1 aromatic carbocycles. The van der Waals surface area contributed by atoms with E-state index in [4.69, 9.17) is 4.42 Å². The minimum atomic E-state index is 0.258. The summed E-state index contributed by atoms with van der Waals surface area (Å²) in [6.07, 6.45) is 1.13. The Kier molecular flexibility index (Phi) is 3.90. The molecule has 3 heteroatoms. The van der Waals surface area contributed by atoms with E-state index < -0.39 is 0 Å². The average molecular weight is 285 g/mol. The van der Waals surface area contributed by atoms with Gasteiger partial charge in [-0.05, 0) is 67.1 Å². The number of furan rings is 1. The Bertz CT molecular complexity index is 698. The first-order valence-electron chi connectivity index (χ1n) is 7.08. The van der Waals surface area contributed by atoms with Crippen LogP contribution in [-0.4, -0.2) is 6.54 Å². The molecule has 2 nitrogen and oxygen atoms in total. The van der Waals surface area contributed by atoms with Gasteiger partial charge in [0.05, 0.1) is 6.04 Å². The van der Waals surface area contributed by atoms with Gasteiger partial charge >= 0.3 is 0 Å². The van der Waals surface area contributed by atoms with Crippen LogP contribution in [0, 0.1) is 0 Å². The number of rotatable bonds is 5. The number of benzene rings is 1. The van der Waals surface area contributed by atoms with Gasteiger partial charge in [-0.1, -0.05) is 6.92 Å². The van der Waals surface area contributed by atoms with Crippen molar-refractivity contribution in [3.05, 3.63) is 47.5 Å². The highest BCUT2D eigenvalue weighted by Crippen LogP contribution is 2.29. The molecule has 2 aromatic heterocycles. The van der Waals surface area contributed by atoms with E-state index in [-0.39, 0.29) is 6.04 Å². The van der Waals surface area contributed by atoms with Crippen LogP contribution in [0.1, 0.15) is 32.1 Å². The summed E-state index contributed by atoms with van der Waals surface area (Å²) >= 11 is 1.77. The van der Waals surface area contributed by atoms with Crippen molar-refractivity contribution in [1.82, 2.24) is 5.32 Å². The third-order valence-electron chi connectivity index (χ3n) is 3.49. The number of hydrogen-bond donors (Lipinski definition) is 1. The average Bonchev–Trinajstić information content (AvgIpc) is 3.12. The van der Waals surface area contributed by atoms with Crippen LogP contribution in [0.2, 0.25) is 0 Å². The standard InChI is InChI=1S/C17H19NOS/c1-3-9-18-12(2)15-5-6-16(19-15)13-4-7-17-14(11-13)8-10-20-17/h4-8,10-12,18H,3,9H2,1-2H3.